The summed E-state index contributed by atoms with van der Waals surface area (Å²) in [6.45, 7) is 1.92. The summed E-state index contributed by atoms with van der Waals surface area (Å²) in [6, 6.07) is 31.2. The second-order valence-electron chi connectivity index (χ2n) is 10.0. The molecule has 42 heavy (non-hydrogen) atoms. The molecule has 2 heterocycles. The van der Waals surface area contributed by atoms with Gasteiger partial charge in [-0.25, -0.2) is 4.68 Å². The molecule has 0 aliphatic carbocycles. The van der Waals surface area contributed by atoms with Gasteiger partial charge in [0.2, 0.25) is 0 Å². The van der Waals surface area contributed by atoms with E-state index in [2.05, 4.69) is 0 Å². The lowest BCUT2D eigenvalue weighted by Crippen LogP contribution is -2.27. The number of benzene rings is 4. The van der Waals surface area contributed by atoms with Crippen LogP contribution in [0.1, 0.15) is 29.2 Å². The molecule has 5 aromatic rings. The molecule has 1 aromatic heterocycles. The van der Waals surface area contributed by atoms with E-state index in [-0.39, 0.29) is 4.90 Å². The van der Waals surface area contributed by atoms with Crippen molar-refractivity contribution in [2.24, 2.45) is 5.10 Å². The smallest absolute Gasteiger partial charge is 0.279 e. The van der Waals surface area contributed by atoms with Crippen molar-refractivity contribution in [3.05, 3.63) is 126 Å². The van der Waals surface area contributed by atoms with Crippen LogP contribution < -0.4 is 9.47 Å². The molecule has 0 N–H and O–H groups in total. The maximum absolute atomic E-state index is 14.2. The van der Waals surface area contributed by atoms with Crippen molar-refractivity contribution in [1.82, 2.24) is 14.2 Å². The number of para-hydroxylation sites is 1. The fraction of sp³-hybridized carbons (Fsp3) is 0.152. The van der Waals surface area contributed by atoms with Crippen LogP contribution in [-0.4, -0.2) is 42.5 Å². The molecule has 212 valence electrons. The van der Waals surface area contributed by atoms with Gasteiger partial charge in [0.15, 0.2) is 0 Å². The van der Waals surface area contributed by atoms with E-state index in [1.165, 1.54) is 4.41 Å². The maximum atomic E-state index is 14.2. The van der Waals surface area contributed by atoms with Crippen molar-refractivity contribution >= 4 is 15.7 Å². The quantitative estimate of drug-likeness (QED) is 0.213. The molecule has 0 spiro atoms. The first-order chi connectivity index (χ1) is 20.4. The minimum absolute atomic E-state index is 0.169. The summed E-state index contributed by atoms with van der Waals surface area (Å²) in [5.74, 6) is 1.18. The SMILES string of the molecule is COc1cc(OC)cc(C2=NN(S(=O)(=O)c3ccc(C)cc3)C(c3cn(-c4ccccc4)nc3-c3ccccc3)C2)c1. The molecule has 0 saturated carbocycles. The zero-order chi connectivity index (χ0) is 29.3. The molecule has 0 bridgehead atoms. The second-order valence-corrected chi connectivity index (χ2v) is 11.8. The van der Waals surface area contributed by atoms with E-state index in [1.807, 2.05) is 85.9 Å². The molecule has 1 aliphatic heterocycles. The number of ether oxygens (including phenoxy) is 2. The minimum atomic E-state index is -4.03. The van der Waals surface area contributed by atoms with Crippen LogP contribution >= 0.6 is 0 Å². The topological polar surface area (TPSA) is 86.0 Å². The number of methoxy groups -OCH3 is 2. The van der Waals surface area contributed by atoms with Crippen LogP contribution in [0.15, 0.2) is 119 Å². The van der Waals surface area contributed by atoms with Gasteiger partial charge in [-0.3, -0.25) is 0 Å². The first-order valence-electron chi connectivity index (χ1n) is 13.5. The molecule has 9 heteroatoms. The summed E-state index contributed by atoms with van der Waals surface area (Å²) >= 11 is 0. The predicted molar refractivity (Wildman–Crippen MR) is 163 cm³/mol. The van der Waals surface area contributed by atoms with Gasteiger partial charge in [0.1, 0.15) is 11.5 Å². The standard InChI is InChI=1S/C33H30N4O4S/c1-23-14-16-29(17-15-23)42(38,39)37-32(21-31(34-37)25-18-27(40-2)20-28(19-25)41-3)30-22-36(26-12-8-5-9-13-26)35-33(30)24-10-6-4-7-11-24/h4-20,22,32H,21H2,1-3H3. The van der Waals surface area contributed by atoms with Crippen LogP contribution in [0.2, 0.25) is 0 Å². The highest BCUT2D eigenvalue weighted by Gasteiger charge is 2.40. The van der Waals surface area contributed by atoms with Crippen LogP contribution in [-0.2, 0) is 10.0 Å². The Kier molecular flexibility index (Phi) is 7.26. The van der Waals surface area contributed by atoms with Crippen molar-refractivity contribution in [1.29, 1.82) is 0 Å². The Balaban J connectivity index is 1.53. The Morgan fingerprint density at radius 2 is 1.40 bits per heavy atom. The zero-order valence-corrected chi connectivity index (χ0v) is 24.3. The summed E-state index contributed by atoms with van der Waals surface area (Å²) in [6.07, 6.45) is 2.23. The summed E-state index contributed by atoms with van der Waals surface area (Å²) < 4.78 is 42.4. The van der Waals surface area contributed by atoms with Crippen LogP contribution in [0.5, 0.6) is 11.5 Å². The van der Waals surface area contributed by atoms with Crippen LogP contribution in [0.4, 0.5) is 0 Å². The van der Waals surface area contributed by atoms with Crippen LogP contribution in [0, 0.1) is 6.92 Å². The van der Waals surface area contributed by atoms with Crippen LogP contribution in [0.25, 0.3) is 16.9 Å². The van der Waals surface area contributed by atoms with Gasteiger partial charge < -0.3 is 9.47 Å². The first kappa shape index (κ1) is 27.3. The summed E-state index contributed by atoms with van der Waals surface area (Å²) in [4.78, 5) is 0.169. The zero-order valence-electron chi connectivity index (χ0n) is 23.5. The van der Waals surface area contributed by atoms with E-state index in [1.54, 1.807) is 49.2 Å². The summed E-state index contributed by atoms with van der Waals surface area (Å²) in [5.41, 5.74) is 5.46. The predicted octanol–water partition coefficient (Wildman–Crippen LogP) is 6.40. The third-order valence-electron chi connectivity index (χ3n) is 7.29. The average Bonchev–Trinajstić information content (AvgIpc) is 3.68. The molecule has 0 amide bonds. The Morgan fingerprint density at radius 3 is 2.02 bits per heavy atom. The molecule has 8 nitrogen and oxygen atoms in total. The Bertz CT molecular complexity index is 1830. The van der Waals surface area contributed by atoms with E-state index in [4.69, 9.17) is 19.7 Å². The molecule has 1 unspecified atom stereocenters. The van der Waals surface area contributed by atoms with Crippen molar-refractivity contribution in [3.8, 4) is 28.4 Å². The number of rotatable bonds is 8. The highest BCUT2D eigenvalue weighted by Crippen LogP contribution is 2.42. The molecule has 0 fully saturated rings. The van der Waals surface area contributed by atoms with E-state index < -0.39 is 16.1 Å². The lowest BCUT2D eigenvalue weighted by Gasteiger charge is -2.23. The van der Waals surface area contributed by atoms with Gasteiger partial charge in [-0.2, -0.15) is 23.0 Å². The Morgan fingerprint density at radius 1 is 0.786 bits per heavy atom. The number of hydrazone groups is 1. The fourth-order valence-corrected chi connectivity index (χ4v) is 6.50. The Hall–Kier alpha value is -4.89. The van der Waals surface area contributed by atoms with E-state index >= 15 is 0 Å². The highest BCUT2D eigenvalue weighted by atomic mass is 32.2. The third-order valence-corrected chi connectivity index (χ3v) is 8.99. The van der Waals surface area contributed by atoms with E-state index in [0.717, 1.165) is 27.9 Å². The maximum Gasteiger partial charge on any atom is 0.279 e. The number of nitrogens with zero attached hydrogens (tertiary/aromatic N) is 4. The molecule has 1 atom stereocenters. The van der Waals surface area contributed by atoms with Crippen molar-refractivity contribution in [2.75, 3.05) is 14.2 Å². The monoisotopic (exact) mass is 578 g/mol. The molecule has 6 rings (SSSR count). The number of aryl methyl sites for hydroxylation is 1. The third kappa shape index (κ3) is 5.14. The second kappa shape index (κ2) is 11.2. The van der Waals surface area contributed by atoms with Gasteiger partial charge in [0.25, 0.3) is 10.0 Å². The summed E-state index contributed by atoms with van der Waals surface area (Å²) in [7, 11) is -0.874. The highest BCUT2D eigenvalue weighted by molar-refractivity contribution is 7.89. The molecule has 0 saturated heterocycles. The average molecular weight is 579 g/mol. The van der Waals surface area contributed by atoms with Crippen molar-refractivity contribution in [3.63, 3.8) is 0 Å². The van der Waals surface area contributed by atoms with E-state index in [9.17, 15) is 8.42 Å². The van der Waals surface area contributed by atoms with Gasteiger partial charge in [0.05, 0.1) is 42.2 Å². The molecular formula is C33H30N4O4S. The number of sulfonamides is 1. The van der Waals surface area contributed by atoms with Gasteiger partial charge in [-0.15, -0.1) is 0 Å². The van der Waals surface area contributed by atoms with Crippen molar-refractivity contribution in [2.45, 2.75) is 24.3 Å². The van der Waals surface area contributed by atoms with Crippen LogP contribution in [0.3, 0.4) is 0 Å². The van der Waals surface area contributed by atoms with Crippen molar-refractivity contribution < 1.29 is 17.9 Å². The molecule has 0 radical (unpaired) electrons. The van der Waals surface area contributed by atoms with Gasteiger partial charge >= 0.3 is 0 Å². The van der Waals surface area contributed by atoms with E-state index in [0.29, 0.717) is 29.3 Å². The fourth-order valence-electron chi connectivity index (χ4n) is 5.07. The minimum Gasteiger partial charge on any atom is -0.497 e. The van der Waals surface area contributed by atoms with Gasteiger partial charge in [-0.1, -0.05) is 66.2 Å². The lowest BCUT2D eigenvalue weighted by molar-refractivity contribution is 0.372. The normalized spacial score (nSPS) is 15.0. The largest absolute Gasteiger partial charge is 0.497 e. The van der Waals surface area contributed by atoms with Gasteiger partial charge in [0, 0.05) is 35.4 Å². The number of aromatic nitrogens is 2. The lowest BCUT2D eigenvalue weighted by atomic mass is 9.97. The molecule has 1 aliphatic rings. The Labute approximate surface area is 245 Å². The summed E-state index contributed by atoms with van der Waals surface area (Å²) in [5, 5.41) is 9.72. The van der Waals surface area contributed by atoms with Gasteiger partial charge in [-0.05, 0) is 43.3 Å². The molecule has 4 aromatic carbocycles. The number of hydrogen-bond donors (Lipinski definition) is 0. The molecular weight excluding hydrogens is 548 g/mol. The first-order valence-corrected chi connectivity index (χ1v) is 14.9. The number of hydrogen-bond acceptors (Lipinski definition) is 6.